The lowest BCUT2D eigenvalue weighted by atomic mass is 9.87. The molecule has 0 amide bonds. The zero-order valence-electron chi connectivity index (χ0n) is 7.92. The molecule has 72 valence electrons. The van der Waals surface area contributed by atoms with Crippen molar-refractivity contribution in [3.05, 3.63) is 29.8 Å². The van der Waals surface area contributed by atoms with E-state index in [0.717, 1.165) is 0 Å². The van der Waals surface area contributed by atoms with Crippen LogP contribution in [0, 0.1) is 11.2 Å². The van der Waals surface area contributed by atoms with Gasteiger partial charge in [0.2, 0.25) is 0 Å². The molecule has 0 saturated heterocycles. The van der Waals surface area contributed by atoms with E-state index in [1.165, 1.54) is 6.20 Å². The van der Waals surface area contributed by atoms with Crippen LogP contribution in [0.5, 0.6) is 0 Å². The Bertz CT molecular complexity index is 286. The van der Waals surface area contributed by atoms with E-state index in [4.69, 9.17) is 5.11 Å². The Hall–Kier alpha value is -0.960. The molecule has 1 aromatic rings. The van der Waals surface area contributed by atoms with Gasteiger partial charge in [-0.3, -0.25) is 4.98 Å². The van der Waals surface area contributed by atoms with Gasteiger partial charge in [-0.2, -0.15) is 0 Å². The number of aromatic nitrogens is 1. The van der Waals surface area contributed by atoms with E-state index in [-0.39, 0.29) is 17.8 Å². The molecule has 0 saturated carbocycles. The lowest BCUT2D eigenvalue weighted by Crippen LogP contribution is -2.20. The Morgan fingerprint density at radius 1 is 1.54 bits per heavy atom. The van der Waals surface area contributed by atoms with E-state index < -0.39 is 0 Å². The molecule has 1 aromatic heterocycles. The van der Waals surface area contributed by atoms with E-state index in [0.29, 0.717) is 12.0 Å². The van der Waals surface area contributed by atoms with Crippen LogP contribution in [0.3, 0.4) is 0 Å². The van der Waals surface area contributed by atoms with Crippen LogP contribution in [-0.4, -0.2) is 16.7 Å². The molecule has 2 nitrogen and oxygen atoms in total. The summed E-state index contributed by atoms with van der Waals surface area (Å²) in [5.41, 5.74) is 0.330. The van der Waals surface area contributed by atoms with Crippen molar-refractivity contribution in [2.24, 2.45) is 5.41 Å². The van der Waals surface area contributed by atoms with Crippen LogP contribution in [0.25, 0.3) is 0 Å². The van der Waals surface area contributed by atoms with Gasteiger partial charge < -0.3 is 5.11 Å². The Kier molecular flexibility index (Phi) is 2.98. The molecule has 0 spiro atoms. The van der Waals surface area contributed by atoms with Crippen LogP contribution in [0.2, 0.25) is 0 Å². The third-order valence-electron chi connectivity index (χ3n) is 1.95. The number of halogens is 1. The van der Waals surface area contributed by atoms with E-state index in [9.17, 15) is 4.39 Å². The summed E-state index contributed by atoms with van der Waals surface area (Å²) < 4.78 is 13.1. The van der Waals surface area contributed by atoms with Gasteiger partial charge in [0.05, 0.1) is 6.20 Å². The Morgan fingerprint density at radius 2 is 2.23 bits per heavy atom. The molecule has 1 heterocycles. The first kappa shape index (κ1) is 10.1. The molecule has 0 unspecified atom stereocenters. The number of aliphatic hydroxyl groups is 1. The zero-order chi connectivity index (χ0) is 9.90. The summed E-state index contributed by atoms with van der Waals surface area (Å²) in [5, 5.41) is 9.01. The van der Waals surface area contributed by atoms with Crippen LogP contribution in [0.15, 0.2) is 18.5 Å². The number of rotatable bonds is 3. The van der Waals surface area contributed by atoms with Crippen molar-refractivity contribution in [1.29, 1.82) is 0 Å². The van der Waals surface area contributed by atoms with Gasteiger partial charge in [0, 0.05) is 12.8 Å². The first-order valence-corrected chi connectivity index (χ1v) is 4.24. The van der Waals surface area contributed by atoms with E-state index in [1.807, 2.05) is 13.8 Å². The lowest BCUT2D eigenvalue weighted by Gasteiger charge is -2.21. The topological polar surface area (TPSA) is 33.1 Å². The van der Waals surface area contributed by atoms with Crippen LogP contribution in [0.4, 0.5) is 4.39 Å². The van der Waals surface area contributed by atoms with Crippen LogP contribution in [-0.2, 0) is 6.42 Å². The van der Waals surface area contributed by atoms with Gasteiger partial charge in [0.25, 0.3) is 0 Å². The largest absolute Gasteiger partial charge is 0.396 e. The minimum atomic E-state index is -0.302. The summed E-state index contributed by atoms with van der Waals surface area (Å²) in [7, 11) is 0. The van der Waals surface area contributed by atoms with Crippen molar-refractivity contribution in [3.8, 4) is 0 Å². The quantitative estimate of drug-likeness (QED) is 0.774. The minimum Gasteiger partial charge on any atom is -0.396 e. The highest BCUT2D eigenvalue weighted by molar-refractivity contribution is 5.14. The molecule has 0 aromatic carbocycles. The SMILES string of the molecule is CC(C)(CO)Cc1ccncc1F. The summed E-state index contributed by atoms with van der Waals surface area (Å²) in [4.78, 5) is 3.66. The summed E-state index contributed by atoms with van der Waals surface area (Å²) in [5.74, 6) is -0.302. The lowest BCUT2D eigenvalue weighted by molar-refractivity contribution is 0.158. The summed E-state index contributed by atoms with van der Waals surface area (Å²) in [6.45, 7) is 3.84. The van der Waals surface area contributed by atoms with Crippen molar-refractivity contribution >= 4 is 0 Å². The van der Waals surface area contributed by atoms with Crippen molar-refractivity contribution in [1.82, 2.24) is 4.98 Å². The molecule has 0 fully saturated rings. The van der Waals surface area contributed by atoms with Gasteiger partial charge in [-0.15, -0.1) is 0 Å². The second-order valence-electron chi connectivity index (χ2n) is 3.97. The molecule has 13 heavy (non-hydrogen) atoms. The molecule has 3 heteroatoms. The maximum atomic E-state index is 13.1. The van der Waals surface area contributed by atoms with Gasteiger partial charge in [0.15, 0.2) is 0 Å². The molecular formula is C10H14FNO. The number of hydrogen-bond donors (Lipinski definition) is 1. The zero-order valence-corrected chi connectivity index (χ0v) is 7.92. The molecule has 0 bridgehead atoms. The normalized spacial score (nSPS) is 11.7. The van der Waals surface area contributed by atoms with Gasteiger partial charge in [-0.05, 0) is 23.5 Å². The molecule has 1 rings (SSSR count). The van der Waals surface area contributed by atoms with E-state index in [2.05, 4.69) is 4.98 Å². The van der Waals surface area contributed by atoms with Crippen molar-refractivity contribution in [3.63, 3.8) is 0 Å². The average molecular weight is 183 g/mol. The maximum Gasteiger partial charge on any atom is 0.144 e. The minimum absolute atomic E-state index is 0.0504. The molecule has 1 N–H and O–H groups in total. The predicted molar refractivity (Wildman–Crippen MR) is 48.8 cm³/mol. The number of pyridine rings is 1. The van der Waals surface area contributed by atoms with Crippen molar-refractivity contribution in [2.75, 3.05) is 6.61 Å². The van der Waals surface area contributed by atoms with Gasteiger partial charge in [0.1, 0.15) is 5.82 Å². The van der Waals surface area contributed by atoms with E-state index >= 15 is 0 Å². The smallest absolute Gasteiger partial charge is 0.144 e. The maximum absolute atomic E-state index is 13.1. The van der Waals surface area contributed by atoms with Crippen LogP contribution >= 0.6 is 0 Å². The van der Waals surface area contributed by atoms with Gasteiger partial charge >= 0.3 is 0 Å². The highest BCUT2D eigenvalue weighted by Gasteiger charge is 2.18. The highest BCUT2D eigenvalue weighted by Crippen LogP contribution is 2.21. The highest BCUT2D eigenvalue weighted by atomic mass is 19.1. The number of nitrogens with zero attached hydrogens (tertiary/aromatic N) is 1. The molecule has 0 atom stereocenters. The first-order valence-electron chi connectivity index (χ1n) is 4.24. The fourth-order valence-corrected chi connectivity index (χ4v) is 1.12. The number of aliphatic hydroxyl groups excluding tert-OH is 1. The Balaban J connectivity index is 2.80. The third-order valence-corrected chi connectivity index (χ3v) is 1.95. The molecule has 0 aliphatic rings. The second-order valence-corrected chi connectivity index (χ2v) is 3.97. The average Bonchev–Trinajstić information content (AvgIpc) is 2.09. The van der Waals surface area contributed by atoms with Crippen molar-refractivity contribution in [2.45, 2.75) is 20.3 Å². The fourth-order valence-electron chi connectivity index (χ4n) is 1.12. The van der Waals surface area contributed by atoms with Gasteiger partial charge in [-0.1, -0.05) is 13.8 Å². The van der Waals surface area contributed by atoms with Crippen LogP contribution < -0.4 is 0 Å². The summed E-state index contributed by atoms with van der Waals surface area (Å²) in [6.07, 6.45) is 3.28. The molecule has 0 radical (unpaired) electrons. The van der Waals surface area contributed by atoms with Crippen molar-refractivity contribution < 1.29 is 9.50 Å². The van der Waals surface area contributed by atoms with Crippen LogP contribution in [0.1, 0.15) is 19.4 Å². The number of hydrogen-bond acceptors (Lipinski definition) is 2. The molecule has 0 aliphatic carbocycles. The standard InChI is InChI=1S/C10H14FNO/c1-10(2,7-13)5-8-3-4-12-6-9(8)11/h3-4,6,13H,5,7H2,1-2H3. The van der Waals surface area contributed by atoms with Gasteiger partial charge in [-0.25, -0.2) is 4.39 Å². The Labute approximate surface area is 77.4 Å². The monoisotopic (exact) mass is 183 g/mol. The first-order chi connectivity index (χ1) is 6.05. The fraction of sp³-hybridized carbons (Fsp3) is 0.500. The Morgan fingerprint density at radius 3 is 2.77 bits per heavy atom. The predicted octanol–water partition coefficient (Wildman–Crippen LogP) is 1.78. The molecular weight excluding hydrogens is 169 g/mol. The summed E-state index contributed by atoms with van der Waals surface area (Å²) in [6, 6.07) is 1.65. The summed E-state index contributed by atoms with van der Waals surface area (Å²) >= 11 is 0. The third kappa shape index (κ3) is 2.77. The second kappa shape index (κ2) is 3.83. The molecule has 0 aliphatic heterocycles. The van der Waals surface area contributed by atoms with E-state index in [1.54, 1.807) is 12.3 Å².